The van der Waals surface area contributed by atoms with Crippen molar-refractivity contribution < 1.29 is 14.2 Å². The molecule has 3 nitrogen and oxygen atoms in total. The molecule has 1 N–H and O–H groups in total. The second-order valence-electron chi connectivity index (χ2n) is 3.19. The average molecular weight is 239 g/mol. The third-order valence-corrected chi connectivity index (χ3v) is 3.16. The fraction of sp³-hybridized carbons (Fsp3) is 0.182. The topological polar surface area (TPSA) is 42.4 Å². The molecule has 0 saturated heterocycles. The summed E-state index contributed by atoms with van der Waals surface area (Å²) in [5.74, 6) is 0.149. The van der Waals surface area contributed by atoms with Gasteiger partial charge in [-0.1, -0.05) is 0 Å². The first kappa shape index (κ1) is 11.0. The molecular formula is C11H10FNO2S. The van der Waals surface area contributed by atoms with Gasteiger partial charge in [0.05, 0.1) is 13.3 Å². The molecule has 2 rings (SSSR count). The van der Waals surface area contributed by atoms with E-state index in [0.717, 1.165) is 6.20 Å². The molecule has 0 aliphatic heterocycles. The molecule has 16 heavy (non-hydrogen) atoms. The van der Waals surface area contributed by atoms with Crippen molar-refractivity contribution in [3.8, 4) is 5.75 Å². The molecule has 0 amide bonds. The SMILES string of the molecule is COc1csc(C(O)c2ccncc2F)c1. The van der Waals surface area contributed by atoms with Gasteiger partial charge in [-0.25, -0.2) is 4.39 Å². The van der Waals surface area contributed by atoms with E-state index in [4.69, 9.17) is 4.74 Å². The van der Waals surface area contributed by atoms with Crippen molar-refractivity contribution in [1.82, 2.24) is 4.98 Å². The van der Waals surface area contributed by atoms with Crippen LogP contribution in [0.1, 0.15) is 16.5 Å². The number of hydrogen-bond donors (Lipinski definition) is 1. The van der Waals surface area contributed by atoms with Crippen molar-refractivity contribution in [2.75, 3.05) is 7.11 Å². The minimum Gasteiger partial charge on any atom is -0.496 e. The van der Waals surface area contributed by atoms with Gasteiger partial charge in [0.15, 0.2) is 0 Å². The van der Waals surface area contributed by atoms with Crippen molar-refractivity contribution in [2.24, 2.45) is 0 Å². The number of thiophene rings is 1. The Hall–Kier alpha value is -1.46. The standard InChI is InChI=1S/C11H10FNO2S/c1-15-7-4-10(16-6-7)11(14)8-2-3-13-5-9(8)12/h2-6,11,14H,1H3. The predicted octanol–water partition coefficient (Wildman–Crippen LogP) is 2.37. The maximum atomic E-state index is 13.4. The Labute approximate surface area is 96.2 Å². The lowest BCUT2D eigenvalue weighted by Gasteiger charge is -2.08. The summed E-state index contributed by atoms with van der Waals surface area (Å²) in [6.07, 6.45) is 1.56. The molecule has 0 fully saturated rings. The second-order valence-corrected chi connectivity index (χ2v) is 4.13. The van der Waals surface area contributed by atoms with Crippen LogP contribution in [0, 0.1) is 5.82 Å². The Balaban J connectivity index is 2.31. The van der Waals surface area contributed by atoms with E-state index in [1.54, 1.807) is 18.6 Å². The molecule has 2 aromatic heterocycles. The van der Waals surface area contributed by atoms with E-state index in [-0.39, 0.29) is 5.56 Å². The molecule has 0 radical (unpaired) electrons. The molecule has 0 aliphatic carbocycles. The molecule has 1 atom stereocenters. The molecule has 5 heteroatoms. The normalized spacial score (nSPS) is 12.4. The summed E-state index contributed by atoms with van der Waals surface area (Å²) in [4.78, 5) is 4.28. The fourth-order valence-electron chi connectivity index (χ4n) is 1.35. The van der Waals surface area contributed by atoms with Gasteiger partial charge in [0.1, 0.15) is 17.7 Å². The minimum absolute atomic E-state index is 0.222. The predicted molar refractivity (Wildman–Crippen MR) is 59.1 cm³/mol. The number of methoxy groups -OCH3 is 1. The van der Waals surface area contributed by atoms with Gasteiger partial charge in [0.2, 0.25) is 0 Å². The summed E-state index contributed by atoms with van der Waals surface area (Å²) in [7, 11) is 1.55. The zero-order valence-corrected chi connectivity index (χ0v) is 9.37. The first-order valence-electron chi connectivity index (χ1n) is 4.62. The van der Waals surface area contributed by atoms with Crippen molar-refractivity contribution in [2.45, 2.75) is 6.10 Å². The lowest BCUT2D eigenvalue weighted by molar-refractivity contribution is 0.218. The van der Waals surface area contributed by atoms with Crippen LogP contribution in [0.25, 0.3) is 0 Å². The van der Waals surface area contributed by atoms with E-state index in [9.17, 15) is 9.50 Å². The van der Waals surface area contributed by atoms with E-state index < -0.39 is 11.9 Å². The summed E-state index contributed by atoms with van der Waals surface area (Å²) in [5, 5.41) is 11.7. The molecule has 0 aliphatic rings. The fourth-order valence-corrected chi connectivity index (χ4v) is 2.20. The van der Waals surface area contributed by atoms with Gasteiger partial charge in [-0.3, -0.25) is 4.98 Å². The molecule has 1 unspecified atom stereocenters. The molecular weight excluding hydrogens is 229 g/mol. The number of aliphatic hydroxyl groups is 1. The van der Waals surface area contributed by atoms with E-state index in [1.807, 2.05) is 0 Å². The molecule has 2 aromatic rings. The van der Waals surface area contributed by atoms with Crippen LogP contribution in [0.5, 0.6) is 5.75 Å². The van der Waals surface area contributed by atoms with Gasteiger partial charge in [0.25, 0.3) is 0 Å². The quantitative estimate of drug-likeness (QED) is 0.894. The lowest BCUT2D eigenvalue weighted by Crippen LogP contribution is -2.00. The molecule has 2 heterocycles. The number of rotatable bonds is 3. The monoisotopic (exact) mass is 239 g/mol. The van der Waals surface area contributed by atoms with Crippen LogP contribution >= 0.6 is 11.3 Å². The van der Waals surface area contributed by atoms with Crippen LogP contribution in [-0.2, 0) is 0 Å². The van der Waals surface area contributed by atoms with Crippen LogP contribution in [0.15, 0.2) is 29.9 Å². The van der Waals surface area contributed by atoms with E-state index in [1.165, 1.54) is 23.6 Å². The third kappa shape index (κ3) is 2.05. The number of pyridine rings is 1. The minimum atomic E-state index is -0.975. The maximum Gasteiger partial charge on any atom is 0.147 e. The highest BCUT2D eigenvalue weighted by Gasteiger charge is 2.16. The number of halogens is 1. The van der Waals surface area contributed by atoms with Gasteiger partial charge in [0, 0.05) is 22.0 Å². The second kappa shape index (κ2) is 4.59. The highest BCUT2D eigenvalue weighted by atomic mass is 32.1. The molecule has 0 spiro atoms. The first-order chi connectivity index (χ1) is 7.72. The third-order valence-electron chi connectivity index (χ3n) is 2.20. The van der Waals surface area contributed by atoms with Crippen LogP contribution in [0.2, 0.25) is 0 Å². The van der Waals surface area contributed by atoms with Crippen LogP contribution in [0.4, 0.5) is 4.39 Å². The van der Waals surface area contributed by atoms with Gasteiger partial charge in [-0.15, -0.1) is 11.3 Å². The largest absolute Gasteiger partial charge is 0.496 e. The van der Waals surface area contributed by atoms with Crippen LogP contribution in [-0.4, -0.2) is 17.2 Å². The molecule has 84 valence electrons. The number of aliphatic hydroxyl groups excluding tert-OH is 1. The molecule has 0 bridgehead atoms. The summed E-state index contributed by atoms with van der Waals surface area (Å²) < 4.78 is 18.4. The average Bonchev–Trinajstić information content (AvgIpc) is 2.77. The van der Waals surface area contributed by atoms with E-state index in [2.05, 4.69) is 4.98 Å². The van der Waals surface area contributed by atoms with E-state index in [0.29, 0.717) is 10.6 Å². The molecule has 0 aromatic carbocycles. The zero-order valence-electron chi connectivity index (χ0n) is 8.55. The Morgan fingerprint density at radius 3 is 3.00 bits per heavy atom. The number of aromatic nitrogens is 1. The lowest BCUT2D eigenvalue weighted by atomic mass is 10.1. The van der Waals surface area contributed by atoms with Crippen molar-refractivity contribution >= 4 is 11.3 Å². The first-order valence-corrected chi connectivity index (χ1v) is 5.50. The zero-order chi connectivity index (χ0) is 11.5. The van der Waals surface area contributed by atoms with E-state index >= 15 is 0 Å². The summed E-state index contributed by atoms with van der Waals surface area (Å²) in [6, 6.07) is 3.15. The summed E-state index contributed by atoms with van der Waals surface area (Å²) >= 11 is 1.32. The van der Waals surface area contributed by atoms with Crippen LogP contribution < -0.4 is 4.74 Å². The highest BCUT2D eigenvalue weighted by Crippen LogP contribution is 2.31. The smallest absolute Gasteiger partial charge is 0.147 e. The number of ether oxygens (including phenoxy) is 1. The van der Waals surface area contributed by atoms with Crippen molar-refractivity contribution in [3.05, 3.63) is 46.2 Å². The van der Waals surface area contributed by atoms with Gasteiger partial charge in [-0.2, -0.15) is 0 Å². The van der Waals surface area contributed by atoms with Crippen molar-refractivity contribution in [1.29, 1.82) is 0 Å². The summed E-state index contributed by atoms with van der Waals surface area (Å²) in [5.41, 5.74) is 0.222. The molecule has 0 saturated carbocycles. The number of hydrogen-bond acceptors (Lipinski definition) is 4. The summed E-state index contributed by atoms with van der Waals surface area (Å²) in [6.45, 7) is 0. The Bertz CT molecular complexity index is 486. The van der Waals surface area contributed by atoms with Crippen LogP contribution in [0.3, 0.4) is 0 Å². The van der Waals surface area contributed by atoms with Gasteiger partial charge in [-0.05, 0) is 12.1 Å². The maximum absolute atomic E-state index is 13.4. The van der Waals surface area contributed by atoms with Gasteiger partial charge >= 0.3 is 0 Å². The Morgan fingerprint density at radius 1 is 1.56 bits per heavy atom. The van der Waals surface area contributed by atoms with Gasteiger partial charge < -0.3 is 9.84 Å². The Morgan fingerprint density at radius 2 is 2.38 bits per heavy atom. The highest BCUT2D eigenvalue weighted by molar-refractivity contribution is 7.10. The van der Waals surface area contributed by atoms with Crippen molar-refractivity contribution in [3.63, 3.8) is 0 Å². The Kier molecular flexibility index (Phi) is 3.17. The number of nitrogens with zero attached hydrogens (tertiary/aromatic N) is 1.